The molecule has 0 atom stereocenters. The number of fused-ring (bicyclic) bond motifs is 3. The first-order valence-corrected chi connectivity index (χ1v) is 9.55. The van der Waals surface area contributed by atoms with Gasteiger partial charge in [0.2, 0.25) is 0 Å². The fraction of sp³-hybridized carbons (Fsp3) is 0.929. The summed E-state index contributed by atoms with van der Waals surface area (Å²) in [7, 11) is -18.0. The fourth-order valence-corrected chi connectivity index (χ4v) is 2.90. The monoisotopic (exact) mass is 516 g/mol. The van der Waals surface area contributed by atoms with Gasteiger partial charge in [-0.1, -0.05) is 6.92 Å². The maximum Gasteiger partial charge on any atom is 0.673 e. The Kier molecular flexibility index (Phi) is 12.6. The van der Waals surface area contributed by atoms with E-state index in [0.29, 0.717) is 6.61 Å². The molecule has 1 saturated carbocycles. The summed E-state index contributed by atoms with van der Waals surface area (Å²) in [5.74, 6) is 0. The highest BCUT2D eigenvalue weighted by molar-refractivity contribution is 6.50. The van der Waals surface area contributed by atoms with Crippen molar-refractivity contribution in [2.45, 2.75) is 76.5 Å². The summed E-state index contributed by atoms with van der Waals surface area (Å²) in [5.41, 5.74) is -0.561. The van der Waals surface area contributed by atoms with Crippen LogP contribution in [0.5, 0.6) is 0 Å². The van der Waals surface area contributed by atoms with Crippen molar-refractivity contribution in [2.75, 3.05) is 6.61 Å². The van der Waals surface area contributed by atoms with E-state index in [1.165, 1.54) is 0 Å². The van der Waals surface area contributed by atoms with E-state index in [0.717, 1.165) is 32.1 Å². The Hall–Kier alpha value is -1.42. The van der Waals surface area contributed by atoms with Crippen molar-refractivity contribution in [3.8, 4) is 0 Å². The van der Waals surface area contributed by atoms with Crippen LogP contribution in [0, 0.1) is 0 Å². The molecule has 33 heavy (non-hydrogen) atoms. The minimum Gasteiger partial charge on any atom is -0.444 e. The second-order valence-corrected chi connectivity index (χ2v) is 8.22. The topological polar surface area (TPSA) is 47.6 Å². The lowest BCUT2D eigenvalue weighted by molar-refractivity contribution is -0.162. The number of carbonyl (C=O) groups excluding carboxylic acids is 1. The van der Waals surface area contributed by atoms with Crippen molar-refractivity contribution in [3.63, 3.8) is 0 Å². The third-order valence-electron chi connectivity index (χ3n) is 4.18. The van der Waals surface area contributed by atoms with Crippen LogP contribution in [0.4, 0.5) is 56.6 Å². The van der Waals surface area contributed by atoms with Crippen LogP contribution in [0.1, 0.15) is 59.8 Å². The van der Waals surface area contributed by atoms with Crippen LogP contribution in [0.3, 0.4) is 0 Å². The Morgan fingerprint density at radius 3 is 1.36 bits per heavy atom. The minimum absolute atomic E-state index is 0.0807. The van der Waals surface area contributed by atoms with Gasteiger partial charge in [0, 0.05) is 0 Å². The molecule has 3 rings (SSSR count). The quantitative estimate of drug-likeness (QED) is 0.321. The van der Waals surface area contributed by atoms with E-state index in [2.05, 4.69) is 12.2 Å². The third-order valence-corrected chi connectivity index (χ3v) is 4.18. The zero-order valence-corrected chi connectivity index (χ0v) is 18.2. The Morgan fingerprint density at radius 2 is 1.15 bits per heavy atom. The molecule has 1 N–H and O–H groups in total. The summed E-state index contributed by atoms with van der Waals surface area (Å²) >= 11 is 0. The van der Waals surface area contributed by atoms with E-state index in [-0.39, 0.29) is 17.2 Å². The first-order valence-electron chi connectivity index (χ1n) is 9.55. The van der Waals surface area contributed by atoms with Gasteiger partial charge in [-0.15, -0.1) is 0 Å². The summed E-state index contributed by atoms with van der Waals surface area (Å²) < 4.78 is 128. The summed E-state index contributed by atoms with van der Waals surface area (Å²) in [4.78, 5) is 11.9. The molecule has 0 aromatic rings. The predicted octanol–water partition coefficient (Wildman–Crippen LogP) is 6.90. The number of ether oxygens (including phenoxy) is 2. The molecule has 3 fully saturated rings. The SMILES string of the molecule is CCC12CCC(NC(=O)OC(C)(C)C)(CC1)CO2.F[B-](F)(F)F.F[B-](F)(F)F.F[B-](F)(F)F. The van der Waals surface area contributed by atoms with Crippen LogP contribution < -0.4 is 5.32 Å². The molecule has 2 aliphatic heterocycles. The number of amides is 1. The molecule has 0 unspecified atom stereocenters. The highest BCUT2D eigenvalue weighted by Crippen LogP contribution is 2.45. The van der Waals surface area contributed by atoms with Gasteiger partial charge < -0.3 is 66.6 Å². The van der Waals surface area contributed by atoms with E-state index in [9.17, 15) is 56.6 Å². The van der Waals surface area contributed by atoms with Gasteiger partial charge in [0.1, 0.15) is 5.60 Å². The second-order valence-electron chi connectivity index (χ2n) is 8.22. The van der Waals surface area contributed by atoms with Gasteiger partial charge in [-0.2, -0.15) is 0 Å². The Balaban J connectivity index is 0. The number of nitrogens with one attached hydrogen (secondary N) is 1. The average Bonchev–Trinajstić information content (AvgIpc) is 2.49. The summed E-state index contributed by atoms with van der Waals surface area (Å²) in [6.45, 7) is 8.44. The molecular formula is C14H25B3F12NO3-3. The zero-order chi connectivity index (χ0) is 26.9. The number of alkyl carbamates (subject to hydrolysis) is 1. The van der Waals surface area contributed by atoms with Crippen molar-refractivity contribution >= 4 is 27.9 Å². The average molecular weight is 516 g/mol. The molecule has 1 aliphatic carbocycles. The Morgan fingerprint density at radius 1 is 0.818 bits per heavy atom. The van der Waals surface area contributed by atoms with E-state index in [4.69, 9.17) is 9.47 Å². The largest absolute Gasteiger partial charge is 0.673 e. The molecular weight excluding hydrogens is 491 g/mol. The van der Waals surface area contributed by atoms with Gasteiger partial charge in [-0.25, -0.2) is 4.79 Å². The molecule has 2 saturated heterocycles. The van der Waals surface area contributed by atoms with Gasteiger partial charge in [0.05, 0.1) is 17.7 Å². The van der Waals surface area contributed by atoms with Crippen molar-refractivity contribution in [2.24, 2.45) is 0 Å². The number of carbonyl (C=O) groups is 1. The van der Waals surface area contributed by atoms with Crippen LogP contribution in [-0.2, 0) is 9.47 Å². The molecule has 200 valence electrons. The smallest absolute Gasteiger partial charge is 0.444 e. The minimum atomic E-state index is -6.00. The third kappa shape index (κ3) is 23.5. The van der Waals surface area contributed by atoms with Crippen LogP contribution in [0.2, 0.25) is 0 Å². The fourth-order valence-electron chi connectivity index (χ4n) is 2.90. The highest BCUT2D eigenvalue weighted by Gasteiger charge is 2.49. The van der Waals surface area contributed by atoms with Crippen LogP contribution in [0.25, 0.3) is 0 Å². The van der Waals surface area contributed by atoms with Crippen molar-refractivity contribution in [3.05, 3.63) is 0 Å². The van der Waals surface area contributed by atoms with Gasteiger partial charge in [0.25, 0.3) is 0 Å². The molecule has 3 aliphatic rings. The maximum atomic E-state index is 11.9. The van der Waals surface area contributed by atoms with Crippen LogP contribution in [-0.4, -0.2) is 51.2 Å². The molecule has 2 heterocycles. The molecule has 0 aromatic carbocycles. The Bertz CT molecular complexity index is 522. The van der Waals surface area contributed by atoms with E-state index in [1.807, 2.05) is 20.8 Å². The molecule has 2 bridgehead atoms. The molecule has 0 aromatic heterocycles. The number of halogens is 12. The Labute approximate surface area is 183 Å². The van der Waals surface area contributed by atoms with Crippen LogP contribution >= 0.6 is 0 Å². The number of hydrogen-bond donors (Lipinski definition) is 1. The van der Waals surface area contributed by atoms with Gasteiger partial charge in [0.15, 0.2) is 0 Å². The molecule has 19 heteroatoms. The van der Waals surface area contributed by atoms with Crippen molar-refractivity contribution in [1.82, 2.24) is 5.32 Å². The predicted molar refractivity (Wildman–Crippen MR) is 100 cm³/mol. The van der Waals surface area contributed by atoms with Gasteiger partial charge in [-0.05, 0) is 52.9 Å². The van der Waals surface area contributed by atoms with Gasteiger partial charge in [-0.3, -0.25) is 0 Å². The van der Waals surface area contributed by atoms with E-state index in [1.54, 1.807) is 0 Å². The summed E-state index contributed by atoms with van der Waals surface area (Å²) in [6.07, 6.45) is 4.82. The lowest BCUT2D eigenvalue weighted by Gasteiger charge is -2.53. The molecule has 0 spiro atoms. The summed E-state index contributed by atoms with van der Waals surface area (Å²) in [5, 5.41) is 3.03. The van der Waals surface area contributed by atoms with Crippen molar-refractivity contribution < 1.29 is 66.1 Å². The number of hydrogen-bond acceptors (Lipinski definition) is 3. The van der Waals surface area contributed by atoms with Crippen LogP contribution in [0.15, 0.2) is 0 Å². The van der Waals surface area contributed by atoms with Crippen molar-refractivity contribution in [1.29, 1.82) is 0 Å². The zero-order valence-electron chi connectivity index (χ0n) is 18.2. The lowest BCUT2D eigenvalue weighted by atomic mass is 9.70. The normalized spacial score (nSPS) is 24.7. The maximum absolute atomic E-state index is 11.9. The van der Waals surface area contributed by atoms with E-state index < -0.39 is 27.4 Å². The second kappa shape index (κ2) is 12.3. The molecule has 1 amide bonds. The molecule has 4 nitrogen and oxygen atoms in total. The number of rotatable bonds is 2. The standard InChI is InChI=1S/C14H25NO3.3BF4/c1-5-14-8-6-13(7-9-14,10-17-14)15-11(16)18-12(2,3)4;3*2-1(3,4)5/h5-10H2,1-4H3,(H,15,16);;;/q;3*-1. The highest BCUT2D eigenvalue weighted by atomic mass is 19.5. The summed E-state index contributed by atoms with van der Waals surface area (Å²) in [6, 6.07) is 0. The first-order chi connectivity index (χ1) is 14.3. The lowest BCUT2D eigenvalue weighted by Crippen LogP contribution is -2.63. The van der Waals surface area contributed by atoms with E-state index >= 15 is 0 Å². The first kappa shape index (κ1) is 33.8. The molecule has 0 radical (unpaired) electrons. The van der Waals surface area contributed by atoms with Gasteiger partial charge >= 0.3 is 27.9 Å².